The molecule has 0 aromatic heterocycles. The molecule has 5 nitrogen and oxygen atoms in total. The molecule has 38 heavy (non-hydrogen) atoms. The van der Waals surface area contributed by atoms with E-state index in [-0.39, 0.29) is 24.8 Å². The number of aliphatic carboxylic acids is 1. The molecule has 1 N–H and O–H groups in total. The number of carboxylic acids is 1. The summed E-state index contributed by atoms with van der Waals surface area (Å²) in [5.41, 5.74) is 3.32. The third kappa shape index (κ3) is 6.81. The lowest BCUT2D eigenvalue weighted by Gasteiger charge is -2.32. The molecule has 0 heterocycles. The van der Waals surface area contributed by atoms with Crippen molar-refractivity contribution < 1.29 is 28.5 Å². The summed E-state index contributed by atoms with van der Waals surface area (Å²) < 4.78 is 32.4. The average molecular weight is 521 g/mol. The van der Waals surface area contributed by atoms with Crippen molar-refractivity contribution in [3.05, 3.63) is 95.8 Å². The molecule has 0 aliphatic carbocycles. The van der Waals surface area contributed by atoms with Crippen LogP contribution in [0.2, 0.25) is 0 Å². The van der Waals surface area contributed by atoms with Gasteiger partial charge in [0.2, 0.25) is 0 Å². The number of methoxy groups -OCH3 is 2. The maximum Gasteiger partial charge on any atom is 0.303 e. The van der Waals surface area contributed by atoms with E-state index in [2.05, 4.69) is 6.58 Å². The molecule has 0 amide bonds. The smallest absolute Gasteiger partial charge is 0.303 e. The first-order valence-electron chi connectivity index (χ1n) is 12.7. The van der Waals surface area contributed by atoms with Gasteiger partial charge in [-0.2, -0.15) is 0 Å². The second-order valence-electron chi connectivity index (χ2n) is 9.97. The normalized spacial score (nSPS) is 13.0. The summed E-state index contributed by atoms with van der Waals surface area (Å²) in [7, 11) is 3.19. The number of ether oxygens (including phenoxy) is 3. The van der Waals surface area contributed by atoms with E-state index in [1.807, 2.05) is 69.3 Å². The lowest BCUT2D eigenvalue weighted by atomic mass is 9.79. The summed E-state index contributed by atoms with van der Waals surface area (Å²) in [6.07, 6.45) is 2.23. The van der Waals surface area contributed by atoms with Crippen molar-refractivity contribution >= 4 is 5.97 Å². The third-order valence-corrected chi connectivity index (χ3v) is 6.95. The van der Waals surface area contributed by atoms with Gasteiger partial charge in [0.25, 0.3) is 0 Å². The molecular weight excluding hydrogens is 483 g/mol. The molecule has 0 aliphatic heterocycles. The standard InChI is InChI=1S/C32H37FO5/c1-7-22(18-30(34)35)23-10-9-11-25(17-23)38-20-21-12-14-26(27-19-24(36-5)13-15-29(27)33)28(16-21)31(37-6)32(3,4)8-2/h8-17,19,22,31H,2,7,18,20H2,1,3-6H3,(H,34,35)/t22-,31?/m1/s1. The number of halogens is 1. The van der Waals surface area contributed by atoms with Gasteiger partial charge in [-0.1, -0.05) is 51.1 Å². The second kappa shape index (κ2) is 12.7. The van der Waals surface area contributed by atoms with Crippen molar-refractivity contribution in [1.82, 2.24) is 0 Å². The fourth-order valence-corrected chi connectivity index (χ4v) is 4.67. The highest BCUT2D eigenvalue weighted by Gasteiger charge is 2.31. The highest BCUT2D eigenvalue weighted by Crippen LogP contribution is 2.43. The van der Waals surface area contributed by atoms with Gasteiger partial charge in [-0.15, -0.1) is 6.58 Å². The van der Waals surface area contributed by atoms with Crippen LogP contribution in [-0.4, -0.2) is 25.3 Å². The summed E-state index contributed by atoms with van der Waals surface area (Å²) in [4.78, 5) is 11.3. The zero-order valence-corrected chi connectivity index (χ0v) is 22.8. The molecule has 2 atom stereocenters. The Balaban J connectivity index is 1.99. The number of carbonyl (C=O) groups is 1. The van der Waals surface area contributed by atoms with Crippen LogP contribution in [-0.2, 0) is 16.1 Å². The Morgan fingerprint density at radius 1 is 1.05 bits per heavy atom. The molecule has 0 saturated heterocycles. The molecule has 0 fully saturated rings. The van der Waals surface area contributed by atoms with Crippen molar-refractivity contribution in [1.29, 1.82) is 0 Å². The Morgan fingerprint density at radius 2 is 1.82 bits per heavy atom. The SMILES string of the molecule is C=CC(C)(C)C(OC)c1cc(COc2cccc([C@H](CC)CC(=O)O)c2)ccc1-c1cc(OC)ccc1F. The monoisotopic (exact) mass is 520 g/mol. The summed E-state index contributed by atoms with van der Waals surface area (Å²) in [6.45, 7) is 10.3. The molecule has 0 aliphatic rings. The van der Waals surface area contributed by atoms with Crippen LogP contribution >= 0.6 is 0 Å². The van der Waals surface area contributed by atoms with Gasteiger partial charge in [0.15, 0.2) is 0 Å². The number of benzene rings is 3. The minimum atomic E-state index is -0.821. The Hall–Kier alpha value is -3.64. The molecule has 3 aromatic rings. The zero-order valence-electron chi connectivity index (χ0n) is 22.8. The van der Waals surface area contributed by atoms with Crippen molar-refractivity contribution in [3.63, 3.8) is 0 Å². The summed E-state index contributed by atoms with van der Waals surface area (Å²) in [5.74, 6) is -0.0388. The van der Waals surface area contributed by atoms with E-state index in [1.54, 1.807) is 26.4 Å². The number of carboxylic acid groups (broad SMARTS) is 1. The molecule has 6 heteroatoms. The Morgan fingerprint density at radius 3 is 2.45 bits per heavy atom. The summed E-state index contributed by atoms with van der Waals surface area (Å²) in [6, 6.07) is 18.0. The summed E-state index contributed by atoms with van der Waals surface area (Å²) >= 11 is 0. The van der Waals surface area contributed by atoms with Crippen LogP contribution in [0.4, 0.5) is 4.39 Å². The fourth-order valence-electron chi connectivity index (χ4n) is 4.67. The van der Waals surface area contributed by atoms with E-state index in [4.69, 9.17) is 14.2 Å². The predicted octanol–water partition coefficient (Wildman–Crippen LogP) is 7.95. The van der Waals surface area contributed by atoms with Gasteiger partial charge in [0.05, 0.1) is 19.6 Å². The van der Waals surface area contributed by atoms with Gasteiger partial charge < -0.3 is 19.3 Å². The lowest BCUT2D eigenvalue weighted by molar-refractivity contribution is -0.137. The summed E-state index contributed by atoms with van der Waals surface area (Å²) in [5, 5.41) is 9.24. The molecular formula is C32H37FO5. The second-order valence-corrected chi connectivity index (χ2v) is 9.97. The molecule has 1 unspecified atom stereocenters. The number of hydrogen-bond donors (Lipinski definition) is 1. The van der Waals surface area contributed by atoms with Gasteiger partial charge >= 0.3 is 5.97 Å². The van der Waals surface area contributed by atoms with Gasteiger partial charge in [-0.05, 0) is 71.0 Å². The van der Waals surface area contributed by atoms with Crippen LogP contribution in [0.5, 0.6) is 11.5 Å². The van der Waals surface area contributed by atoms with Gasteiger partial charge in [-0.3, -0.25) is 4.79 Å². The molecule has 0 saturated carbocycles. The molecule has 0 spiro atoms. The predicted molar refractivity (Wildman–Crippen MR) is 148 cm³/mol. The van der Waals surface area contributed by atoms with Crippen molar-refractivity contribution in [2.45, 2.75) is 52.2 Å². The first-order valence-corrected chi connectivity index (χ1v) is 12.7. The van der Waals surface area contributed by atoms with Gasteiger partial charge in [0, 0.05) is 18.1 Å². The van der Waals surface area contributed by atoms with Crippen molar-refractivity contribution in [3.8, 4) is 22.6 Å². The van der Waals surface area contributed by atoms with Crippen LogP contribution in [0.3, 0.4) is 0 Å². The highest BCUT2D eigenvalue weighted by molar-refractivity contribution is 5.71. The highest BCUT2D eigenvalue weighted by atomic mass is 19.1. The van der Waals surface area contributed by atoms with Crippen LogP contribution in [0.25, 0.3) is 11.1 Å². The topological polar surface area (TPSA) is 65.0 Å². The van der Waals surface area contributed by atoms with Gasteiger partial charge in [-0.25, -0.2) is 4.39 Å². The third-order valence-electron chi connectivity index (χ3n) is 6.95. The largest absolute Gasteiger partial charge is 0.497 e. The van der Waals surface area contributed by atoms with E-state index in [1.165, 1.54) is 6.07 Å². The average Bonchev–Trinajstić information content (AvgIpc) is 2.91. The Labute approximate surface area is 224 Å². The van der Waals surface area contributed by atoms with E-state index in [9.17, 15) is 9.90 Å². The van der Waals surface area contributed by atoms with E-state index in [0.717, 1.165) is 23.1 Å². The first kappa shape index (κ1) is 28.9. The lowest BCUT2D eigenvalue weighted by Crippen LogP contribution is -2.22. The van der Waals surface area contributed by atoms with E-state index in [0.29, 0.717) is 22.6 Å². The molecule has 202 valence electrons. The zero-order chi connectivity index (χ0) is 27.9. The molecule has 3 rings (SSSR count). The molecule has 0 radical (unpaired) electrons. The minimum absolute atomic E-state index is 0.0725. The maximum absolute atomic E-state index is 15.0. The number of hydrogen-bond acceptors (Lipinski definition) is 4. The van der Waals surface area contributed by atoms with Crippen LogP contribution < -0.4 is 9.47 Å². The minimum Gasteiger partial charge on any atom is -0.497 e. The maximum atomic E-state index is 15.0. The Bertz CT molecular complexity index is 1270. The quantitative estimate of drug-likeness (QED) is 0.232. The van der Waals surface area contributed by atoms with Crippen molar-refractivity contribution in [2.75, 3.05) is 14.2 Å². The van der Waals surface area contributed by atoms with Crippen LogP contribution in [0.1, 0.15) is 62.3 Å². The van der Waals surface area contributed by atoms with Gasteiger partial charge in [0.1, 0.15) is 23.9 Å². The van der Waals surface area contributed by atoms with Crippen molar-refractivity contribution in [2.24, 2.45) is 5.41 Å². The Kier molecular flexibility index (Phi) is 9.70. The molecule has 3 aromatic carbocycles. The van der Waals surface area contributed by atoms with Crippen LogP contribution in [0.15, 0.2) is 73.3 Å². The van der Waals surface area contributed by atoms with Crippen LogP contribution in [0, 0.1) is 11.2 Å². The van der Waals surface area contributed by atoms with E-state index >= 15 is 4.39 Å². The first-order chi connectivity index (χ1) is 18.1. The van der Waals surface area contributed by atoms with E-state index < -0.39 is 17.5 Å². The number of rotatable bonds is 13. The fraction of sp³-hybridized carbons (Fsp3) is 0.344. The molecule has 0 bridgehead atoms.